The molecule has 0 aliphatic carbocycles. The summed E-state index contributed by atoms with van der Waals surface area (Å²) in [5, 5.41) is 0.484. The Morgan fingerprint density at radius 3 is 2.07 bits per heavy atom. The third-order valence-electron chi connectivity index (χ3n) is 4.81. The molecule has 156 valence electrons. The lowest BCUT2D eigenvalue weighted by atomic mass is 10.1. The standard InChI is InChI=1S/C23H23ClN2O3S/c1-3-26(30(28,29)22-15-13-20(24)14-16-22)17-18-9-11-19(12-10-18)23(27)25(2)21-7-5-4-6-8-21/h4-16H,3,17H2,1-2H3. The number of rotatable bonds is 7. The van der Waals surface area contributed by atoms with Gasteiger partial charge in [0.05, 0.1) is 4.90 Å². The van der Waals surface area contributed by atoms with Crippen LogP contribution >= 0.6 is 11.6 Å². The molecular formula is C23H23ClN2O3S. The summed E-state index contributed by atoms with van der Waals surface area (Å²) in [5.74, 6) is -0.131. The van der Waals surface area contributed by atoms with Gasteiger partial charge >= 0.3 is 0 Å². The number of carbonyl (C=O) groups excluding carboxylic acids is 1. The first-order chi connectivity index (χ1) is 14.3. The van der Waals surface area contributed by atoms with E-state index in [4.69, 9.17) is 11.6 Å². The second kappa shape index (κ2) is 9.43. The monoisotopic (exact) mass is 442 g/mol. The maximum Gasteiger partial charge on any atom is 0.258 e. The summed E-state index contributed by atoms with van der Waals surface area (Å²) in [6.45, 7) is 2.33. The van der Waals surface area contributed by atoms with Gasteiger partial charge in [0, 0.05) is 36.4 Å². The smallest absolute Gasteiger partial charge is 0.258 e. The van der Waals surface area contributed by atoms with E-state index in [1.165, 1.54) is 16.4 Å². The van der Waals surface area contributed by atoms with E-state index in [9.17, 15) is 13.2 Å². The summed E-state index contributed by atoms with van der Waals surface area (Å²) in [5.41, 5.74) is 2.14. The Morgan fingerprint density at radius 2 is 1.50 bits per heavy atom. The van der Waals surface area contributed by atoms with Crippen molar-refractivity contribution in [1.82, 2.24) is 4.31 Å². The maximum atomic E-state index is 12.9. The highest BCUT2D eigenvalue weighted by atomic mass is 35.5. The quantitative estimate of drug-likeness (QED) is 0.526. The van der Waals surface area contributed by atoms with Gasteiger partial charge in [-0.05, 0) is 54.1 Å². The van der Waals surface area contributed by atoms with Crippen molar-refractivity contribution < 1.29 is 13.2 Å². The fourth-order valence-electron chi connectivity index (χ4n) is 3.04. The lowest BCUT2D eigenvalue weighted by Crippen LogP contribution is -2.30. The third kappa shape index (κ3) is 4.90. The molecule has 0 aromatic heterocycles. The highest BCUT2D eigenvalue weighted by Gasteiger charge is 2.23. The van der Waals surface area contributed by atoms with E-state index < -0.39 is 10.0 Å². The summed E-state index contributed by atoms with van der Waals surface area (Å²) in [4.78, 5) is 14.5. The van der Waals surface area contributed by atoms with Gasteiger partial charge in [0.1, 0.15) is 0 Å². The molecule has 0 saturated carbocycles. The van der Waals surface area contributed by atoms with Gasteiger partial charge in [0.2, 0.25) is 10.0 Å². The second-order valence-electron chi connectivity index (χ2n) is 6.78. The average molecular weight is 443 g/mol. The van der Waals surface area contributed by atoms with E-state index in [1.807, 2.05) is 30.3 Å². The van der Waals surface area contributed by atoms with E-state index >= 15 is 0 Å². The predicted octanol–water partition coefficient (Wildman–Crippen LogP) is 4.83. The minimum Gasteiger partial charge on any atom is -0.311 e. The summed E-state index contributed by atoms with van der Waals surface area (Å²) in [7, 11) is -1.92. The van der Waals surface area contributed by atoms with Gasteiger partial charge in [-0.3, -0.25) is 4.79 Å². The van der Waals surface area contributed by atoms with Crippen molar-refractivity contribution in [3.05, 3.63) is 95.0 Å². The lowest BCUT2D eigenvalue weighted by molar-refractivity contribution is 0.0993. The largest absolute Gasteiger partial charge is 0.311 e. The van der Waals surface area contributed by atoms with Crippen LogP contribution in [0.1, 0.15) is 22.8 Å². The highest BCUT2D eigenvalue weighted by Crippen LogP contribution is 2.21. The van der Waals surface area contributed by atoms with Crippen molar-refractivity contribution >= 4 is 33.2 Å². The molecule has 30 heavy (non-hydrogen) atoms. The van der Waals surface area contributed by atoms with Crippen LogP contribution in [0.15, 0.2) is 83.8 Å². The van der Waals surface area contributed by atoms with Gasteiger partial charge in [-0.2, -0.15) is 4.31 Å². The molecule has 0 aliphatic heterocycles. The number of halogens is 1. The minimum absolute atomic E-state index is 0.131. The van der Waals surface area contributed by atoms with Crippen LogP contribution in [0.4, 0.5) is 5.69 Å². The molecule has 0 unspecified atom stereocenters. The number of sulfonamides is 1. The Hall–Kier alpha value is -2.67. The minimum atomic E-state index is -3.64. The van der Waals surface area contributed by atoms with Crippen molar-refractivity contribution in [1.29, 1.82) is 0 Å². The molecule has 0 saturated heterocycles. The van der Waals surface area contributed by atoms with E-state index in [-0.39, 0.29) is 17.3 Å². The molecule has 3 aromatic rings. The van der Waals surface area contributed by atoms with Gasteiger partial charge in [-0.25, -0.2) is 8.42 Å². The van der Waals surface area contributed by atoms with E-state index in [0.29, 0.717) is 17.1 Å². The molecule has 0 N–H and O–H groups in total. The highest BCUT2D eigenvalue weighted by molar-refractivity contribution is 7.89. The normalized spacial score (nSPS) is 11.5. The fraction of sp³-hybridized carbons (Fsp3) is 0.174. The summed E-state index contributed by atoms with van der Waals surface area (Å²) in [6.07, 6.45) is 0. The SMILES string of the molecule is CCN(Cc1ccc(C(=O)N(C)c2ccccc2)cc1)S(=O)(=O)c1ccc(Cl)cc1. The molecule has 3 rings (SSSR count). The van der Waals surface area contributed by atoms with Crippen LogP contribution in [0.3, 0.4) is 0 Å². The van der Waals surface area contributed by atoms with E-state index in [1.54, 1.807) is 55.3 Å². The Labute approximate surface area is 182 Å². The van der Waals surface area contributed by atoms with Crippen molar-refractivity contribution in [2.75, 3.05) is 18.5 Å². The van der Waals surface area contributed by atoms with Crippen molar-refractivity contribution in [3.63, 3.8) is 0 Å². The number of benzene rings is 3. The van der Waals surface area contributed by atoms with Gasteiger partial charge < -0.3 is 4.90 Å². The van der Waals surface area contributed by atoms with E-state index in [0.717, 1.165) is 11.3 Å². The van der Waals surface area contributed by atoms with Crippen LogP contribution in [0, 0.1) is 0 Å². The molecule has 0 spiro atoms. The third-order valence-corrected chi connectivity index (χ3v) is 7.00. The Morgan fingerprint density at radius 1 is 0.900 bits per heavy atom. The van der Waals surface area contributed by atoms with Gasteiger partial charge in [0.15, 0.2) is 0 Å². The zero-order valence-corrected chi connectivity index (χ0v) is 18.4. The van der Waals surface area contributed by atoms with Gasteiger partial charge in [0.25, 0.3) is 5.91 Å². The first-order valence-electron chi connectivity index (χ1n) is 9.50. The number of amides is 1. The van der Waals surface area contributed by atoms with Crippen molar-refractivity contribution in [2.45, 2.75) is 18.4 Å². The Balaban J connectivity index is 1.75. The number of para-hydroxylation sites is 1. The van der Waals surface area contributed by atoms with Crippen LogP contribution in [0.25, 0.3) is 0 Å². The molecule has 0 aliphatic rings. The molecule has 0 radical (unpaired) electrons. The van der Waals surface area contributed by atoms with Crippen LogP contribution in [0.2, 0.25) is 5.02 Å². The molecule has 3 aromatic carbocycles. The summed E-state index contributed by atoms with van der Waals surface area (Å²) < 4.78 is 27.2. The van der Waals surface area contributed by atoms with Crippen LogP contribution < -0.4 is 4.90 Å². The zero-order chi connectivity index (χ0) is 21.7. The first-order valence-corrected chi connectivity index (χ1v) is 11.3. The molecule has 0 fully saturated rings. The molecular weight excluding hydrogens is 420 g/mol. The Kier molecular flexibility index (Phi) is 6.92. The predicted molar refractivity (Wildman–Crippen MR) is 120 cm³/mol. The van der Waals surface area contributed by atoms with Crippen molar-refractivity contribution in [2.24, 2.45) is 0 Å². The topological polar surface area (TPSA) is 57.7 Å². The molecule has 5 nitrogen and oxygen atoms in total. The zero-order valence-electron chi connectivity index (χ0n) is 16.8. The first kappa shape index (κ1) is 22.0. The lowest BCUT2D eigenvalue weighted by Gasteiger charge is -2.21. The molecule has 7 heteroatoms. The van der Waals surface area contributed by atoms with Crippen LogP contribution in [-0.2, 0) is 16.6 Å². The molecule has 0 heterocycles. The fourth-order valence-corrected chi connectivity index (χ4v) is 4.60. The van der Waals surface area contributed by atoms with Crippen molar-refractivity contribution in [3.8, 4) is 0 Å². The van der Waals surface area contributed by atoms with Gasteiger partial charge in [-0.1, -0.05) is 48.9 Å². The molecule has 0 atom stereocenters. The number of anilines is 1. The number of carbonyl (C=O) groups is 1. The number of hydrogen-bond donors (Lipinski definition) is 0. The Bertz CT molecular complexity index is 1100. The van der Waals surface area contributed by atoms with Crippen LogP contribution in [-0.4, -0.2) is 32.2 Å². The maximum absolute atomic E-state index is 12.9. The average Bonchev–Trinajstić information content (AvgIpc) is 2.77. The summed E-state index contributed by atoms with van der Waals surface area (Å²) in [6, 6.07) is 22.5. The van der Waals surface area contributed by atoms with E-state index in [2.05, 4.69) is 0 Å². The second-order valence-corrected chi connectivity index (χ2v) is 9.16. The molecule has 1 amide bonds. The molecule has 0 bridgehead atoms. The summed E-state index contributed by atoms with van der Waals surface area (Å²) >= 11 is 5.87. The number of nitrogens with zero attached hydrogens (tertiary/aromatic N) is 2. The number of hydrogen-bond acceptors (Lipinski definition) is 3. The van der Waals surface area contributed by atoms with Crippen LogP contribution in [0.5, 0.6) is 0 Å². The van der Waals surface area contributed by atoms with Gasteiger partial charge in [-0.15, -0.1) is 0 Å².